The summed E-state index contributed by atoms with van der Waals surface area (Å²) in [5, 5.41) is 1.02. The van der Waals surface area contributed by atoms with Crippen LogP contribution in [0.25, 0.3) is 11.0 Å². The van der Waals surface area contributed by atoms with E-state index in [9.17, 15) is 13.2 Å². The maximum Gasteiger partial charge on any atom is 0.243 e. The van der Waals surface area contributed by atoms with Crippen LogP contribution in [0.1, 0.15) is 55.5 Å². The topological polar surface area (TPSA) is 70.8 Å². The number of carbonyl (C=O) groups excluding carboxylic acids is 1. The fourth-order valence-corrected chi connectivity index (χ4v) is 6.76. The molecule has 1 atom stereocenters. The Morgan fingerprint density at radius 2 is 1.74 bits per heavy atom. The standard InChI is InChI=1S/C27H32N2O4S/c1-19(26-18-23-9-5-6-10-25(23)33-26)28(2)27(30)21-13-15-29(16-14-21)34(31,32)24-12-11-20-7-3-4-8-22(20)17-24/h5-6,9-12,17-19,21H,3-4,7-8,13-16H2,1-2H3. The summed E-state index contributed by atoms with van der Waals surface area (Å²) in [4.78, 5) is 15.3. The molecule has 5 rings (SSSR count). The first-order valence-corrected chi connectivity index (χ1v) is 13.7. The quantitative estimate of drug-likeness (QED) is 0.519. The number of hydrogen-bond acceptors (Lipinski definition) is 4. The van der Waals surface area contributed by atoms with Gasteiger partial charge in [-0.15, -0.1) is 0 Å². The molecule has 2 aliphatic rings. The van der Waals surface area contributed by atoms with Crippen LogP contribution in [0.15, 0.2) is 57.8 Å². The lowest BCUT2D eigenvalue weighted by atomic mass is 9.92. The zero-order valence-electron chi connectivity index (χ0n) is 19.9. The molecule has 7 heteroatoms. The second-order valence-corrected chi connectivity index (χ2v) is 11.6. The van der Waals surface area contributed by atoms with Crippen molar-refractivity contribution in [3.05, 3.63) is 65.4 Å². The van der Waals surface area contributed by atoms with E-state index in [0.717, 1.165) is 36.0 Å². The monoisotopic (exact) mass is 480 g/mol. The van der Waals surface area contributed by atoms with Gasteiger partial charge in [-0.3, -0.25) is 4.79 Å². The Kier molecular flexibility index (Phi) is 6.25. The van der Waals surface area contributed by atoms with Gasteiger partial charge < -0.3 is 9.32 Å². The fraction of sp³-hybridized carbons (Fsp3) is 0.444. The zero-order valence-corrected chi connectivity index (χ0v) is 20.7. The lowest BCUT2D eigenvalue weighted by Gasteiger charge is -2.34. The van der Waals surface area contributed by atoms with Gasteiger partial charge >= 0.3 is 0 Å². The minimum Gasteiger partial charge on any atom is -0.459 e. The molecule has 2 aromatic carbocycles. The van der Waals surface area contributed by atoms with Gasteiger partial charge in [0.2, 0.25) is 15.9 Å². The van der Waals surface area contributed by atoms with Crippen molar-refractivity contribution in [3.8, 4) is 0 Å². The van der Waals surface area contributed by atoms with Crippen molar-refractivity contribution in [2.24, 2.45) is 5.92 Å². The Morgan fingerprint density at radius 3 is 2.47 bits per heavy atom. The van der Waals surface area contributed by atoms with Crippen molar-refractivity contribution in [1.29, 1.82) is 0 Å². The number of para-hydroxylation sites is 1. The number of carbonyl (C=O) groups is 1. The molecule has 1 aliphatic carbocycles. The first-order valence-electron chi connectivity index (χ1n) is 12.2. The van der Waals surface area contributed by atoms with E-state index < -0.39 is 10.0 Å². The number of piperidine rings is 1. The molecule has 2 heterocycles. The number of amides is 1. The van der Waals surface area contributed by atoms with E-state index in [1.54, 1.807) is 22.3 Å². The number of benzene rings is 2. The minimum absolute atomic E-state index is 0.0405. The van der Waals surface area contributed by atoms with Crippen molar-refractivity contribution in [3.63, 3.8) is 0 Å². The van der Waals surface area contributed by atoms with Crippen LogP contribution in [-0.2, 0) is 27.7 Å². The molecular weight excluding hydrogens is 448 g/mol. The van der Waals surface area contributed by atoms with E-state index in [4.69, 9.17) is 4.42 Å². The maximum atomic E-state index is 13.3. The van der Waals surface area contributed by atoms with E-state index in [2.05, 4.69) is 0 Å². The molecule has 1 fully saturated rings. The summed E-state index contributed by atoms with van der Waals surface area (Å²) in [7, 11) is -1.74. The predicted octanol–water partition coefficient (Wildman–Crippen LogP) is 4.93. The van der Waals surface area contributed by atoms with Gasteiger partial charge in [0.15, 0.2) is 0 Å². The number of rotatable bonds is 5. The van der Waals surface area contributed by atoms with Crippen LogP contribution >= 0.6 is 0 Å². The van der Waals surface area contributed by atoms with Crippen molar-refractivity contribution in [2.75, 3.05) is 20.1 Å². The van der Waals surface area contributed by atoms with Crippen LogP contribution in [0.5, 0.6) is 0 Å². The van der Waals surface area contributed by atoms with Crippen molar-refractivity contribution in [1.82, 2.24) is 9.21 Å². The van der Waals surface area contributed by atoms with Crippen LogP contribution in [0.4, 0.5) is 0 Å². The van der Waals surface area contributed by atoms with Crippen LogP contribution < -0.4 is 0 Å². The van der Waals surface area contributed by atoms with Crippen LogP contribution in [0.2, 0.25) is 0 Å². The Morgan fingerprint density at radius 1 is 1.03 bits per heavy atom. The smallest absolute Gasteiger partial charge is 0.243 e. The van der Waals surface area contributed by atoms with E-state index in [1.165, 1.54) is 17.5 Å². The van der Waals surface area contributed by atoms with Gasteiger partial charge in [0.1, 0.15) is 11.3 Å². The SMILES string of the molecule is CC(c1cc2ccccc2o1)N(C)C(=O)C1CCN(S(=O)(=O)c2ccc3c(c2)CCCC3)CC1. The van der Waals surface area contributed by atoms with Gasteiger partial charge in [-0.2, -0.15) is 4.31 Å². The number of nitrogens with zero attached hydrogens (tertiary/aromatic N) is 2. The molecule has 0 saturated carbocycles. The first kappa shape index (κ1) is 23.1. The lowest BCUT2D eigenvalue weighted by Crippen LogP contribution is -2.44. The summed E-state index contributed by atoms with van der Waals surface area (Å²) < 4.78 is 34.1. The largest absolute Gasteiger partial charge is 0.459 e. The van der Waals surface area contributed by atoms with Gasteiger partial charge in [0.05, 0.1) is 10.9 Å². The summed E-state index contributed by atoms with van der Waals surface area (Å²) in [6.45, 7) is 2.69. The minimum atomic E-state index is -3.55. The van der Waals surface area contributed by atoms with Crippen LogP contribution in [0, 0.1) is 5.92 Å². The van der Waals surface area contributed by atoms with E-state index in [1.807, 2.05) is 49.4 Å². The third-order valence-corrected chi connectivity index (χ3v) is 9.44. The number of sulfonamides is 1. The summed E-state index contributed by atoms with van der Waals surface area (Å²) in [5.41, 5.74) is 3.25. The van der Waals surface area contributed by atoms with Crippen molar-refractivity contribution >= 4 is 26.9 Å². The molecule has 1 aliphatic heterocycles. The fourth-order valence-electron chi connectivity index (χ4n) is 5.24. The summed E-state index contributed by atoms with van der Waals surface area (Å²) in [6.07, 6.45) is 5.32. The zero-order chi connectivity index (χ0) is 23.9. The molecule has 0 N–H and O–H groups in total. The second kappa shape index (κ2) is 9.19. The highest BCUT2D eigenvalue weighted by Crippen LogP contribution is 2.31. The number of furan rings is 1. The molecule has 0 spiro atoms. The lowest BCUT2D eigenvalue weighted by molar-refractivity contribution is -0.137. The van der Waals surface area contributed by atoms with E-state index >= 15 is 0 Å². The third-order valence-electron chi connectivity index (χ3n) is 7.55. The van der Waals surface area contributed by atoms with Gasteiger partial charge in [0.25, 0.3) is 0 Å². The first-order chi connectivity index (χ1) is 16.3. The Bertz CT molecular complexity index is 1270. The summed E-state index contributed by atoms with van der Waals surface area (Å²) in [5.74, 6) is 0.607. The number of fused-ring (bicyclic) bond motifs is 2. The molecule has 1 aromatic heterocycles. The highest BCUT2D eigenvalue weighted by Gasteiger charge is 2.35. The second-order valence-electron chi connectivity index (χ2n) is 9.63. The molecule has 0 bridgehead atoms. The summed E-state index contributed by atoms with van der Waals surface area (Å²) >= 11 is 0. The average Bonchev–Trinajstić information content (AvgIpc) is 3.31. The molecule has 3 aromatic rings. The molecule has 6 nitrogen and oxygen atoms in total. The number of hydrogen-bond donors (Lipinski definition) is 0. The Balaban J connectivity index is 1.24. The molecule has 1 amide bonds. The van der Waals surface area contributed by atoms with Crippen molar-refractivity contribution in [2.45, 2.75) is 56.4 Å². The van der Waals surface area contributed by atoms with Gasteiger partial charge in [0, 0.05) is 31.4 Å². The van der Waals surface area contributed by atoms with Crippen LogP contribution in [-0.4, -0.2) is 43.7 Å². The van der Waals surface area contributed by atoms with Gasteiger partial charge in [-0.1, -0.05) is 24.3 Å². The van der Waals surface area contributed by atoms with Crippen LogP contribution in [0.3, 0.4) is 0 Å². The van der Waals surface area contributed by atoms with E-state index in [0.29, 0.717) is 30.8 Å². The molecule has 180 valence electrons. The van der Waals surface area contributed by atoms with Crippen molar-refractivity contribution < 1.29 is 17.6 Å². The molecule has 1 saturated heterocycles. The maximum absolute atomic E-state index is 13.3. The van der Waals surface area contributed by atoms with Gasteiger partial charge in [-0.05, 0) is 80.8 Å². The molecular formula is C27H32N2O4S. The van der Waals surface area contributed by atoms with Gasteiger partial charge in [-0.25, -0.2) is 8.42 Å². The molecule has 34 heavy (non-hydrogen) atoms. The third kappa shape index (κ3) is 4.27. The average molecular weight is 481 g/mol. The predicted molar refractivity (Wildman–Crippen MR) is 132 cm³/mol. The Labute approximate surface area is 201 Å². The number of aryl methyl sites for hydroxylation is 2. The molecule has 1 unspecified atom stereocenters. The van der Waals surface area contributed by atoms with E-state index in [-0.39, 0.29) is 17.9 Å². The molecule has 0 radical (unpaired) electrons. The highest BCUT2D eigenvalue weighted by molar-refractivity contribution is 7.89. The highest BCUT2D eigenvalue weighted by atomic mass is 32.2. The normalized spacial score (nSPS) is 18.5. The Hall–Kier alpha value is -2.64. The summed E-state index contributed by atoms with van der Waals surface area (Å²) in [6, 6.07) is 15.2.